The normalized spacial score (nSPS) is 22.8. The zero-order valence-electron chi connectivity index (χ0n) is 12.5. The lowest BCUT2D eigenvalue weighted by molar-refractivity contribution is -0.110. The van der Waals surface area contributed by atoms with Gasteiger partial charge in [0, 0.05) is 18.0 Å². The zero-order valence-corrected chi connectivity index (χ0v) is 14.0. The van der Waals surface area contributed by atoms with E-state index in [0.717, 1.165) is 10.0 Å². The maximum atomic E-state index is 13.0. The number of methoxy groups -OCH3 is 1. The van der Waals surface area contributed by atoms with E-state index in [4.69, 9.17) is 9.47 Å². The Morgan fingerprint density at radius 3 is 2.61 bits per heavy atom. The number of ketones is 1. The summed E-state index contributed by atoms with van der Waals surface area (Å²) >= 11 is 3.38. The van der Waals surface area contributed by atoms with Crippen LogP contribution < -0.4 is 4.74 Å². The summed E-state index contributed by atoms with van der Waals surface area (Å²) < 4.78 is 12.1. The molecule has 0 unspecified atom stereocenters. The molecule has 0 N–H and O–H groups in total. The van der Waals surface area contributed by atoms with Gasteiger partial charge >= 0.3 is 0 Å². The first-order valence-electron chi connectivity index (χ1n) is 7.09. The molecule has 23 heavy (non-hydrogen) atoms. The number of fused-ring (bicyclic) bond motifs is 1. The molecule has 0 bridgehead atoms. The first-order chi connectivity index (χ1) is 11.1. The molecule has 0 radical (unpaired) electrons. The third-order valence-electron chi connectivity index (χ3n) is 3.98. The third-order valence-corrected chi connectivity index (χ3v) is 4.51. The van der Waals surface area contributed by atoms with Crippen LogP contribution in [0.15, 0.2) is 53.0 Å². The summed E-state index contributed by atoms with van der Waals surface area (Å²) in [6.07, 6.45) is -0.721. The molecule has 5 heteroatoms. The number of halogens is 1. The van der Waals surface area contributed by atoms with Crippen molar-refractivity contribution in [2.24, 2.45) is 5.41 Å². The van der Waals surface area contributed by atoms with Crippen molar-refractivity contribution in [1.82, 2.24) is 0 Å². The smallest absolute Gasteiger partial charge is 0.226 e. The zero-order chi connectivity index (χ0) is 16.4. The highest BCUT2D eigenvalue weighted by molar-refractivity contribution is 9.10. The second-order valence-electron chi connectivity index (χ2n) is 5.40. The fourth-order valence-corrected chi connectivity index (χ4v) is 3.06. The van der Waals surface area contributed by atoms with Crippen LogP contribution in [0.3, 0.4) is 0 Å². The third kappa shape index (κ3) is 2.65. The maximum absolute atomic E-state index is 13.0. The van der Waals surface area contributed by atoms with Gasteiger partial charge in [-0.3, -0.25) is 4.79 Å². The molecule has 0 aromatic heterocycles. The molecule has 0 amide bonds. The molecular weight excluding hydrogens is 358 g/mol. The van der Waals surface area contributed by atoms with E-state index in [1.165, 1.54) is 7.11 Å². The van der Waals surface area contributed by atoms with Gasteiger partial charge in [-0.05, 0) is 29.8 Å². The first kappa shape index (κ1) is 15.7. The number of nitrogens with zero attached hydrogens (tertiary/aromatic N) is 1. The van der Waals surface area contributed by atoms with Crippen LogP contribution in [0.2, 0.25) is 0 Å². The number of nitriles is 1. The van der Waals surface area contributed by atoms with Gasteiger partial charge in [0.25, 0.3) is 0 Å². The van der Waals surface area contributed by atoms with Crippen molar-refractivity contribution >= 4 is 21.7 Å². The average Bonchev–Trinajstić information content (AvgIpc) is 2.59. The van der Waals surface area contributed by atoms with Gasteiger partial charge in [-0.15, -0.1) is 0 Å². The minimum Gasteiger partial charge on any atom is -0.462 e. The number of carbonyl (C=O) groups is 1. The summed E-state index contributed by atoms with van der Waals surface area (Å²) in [6, 6.07) is 16.6. The summed E-state index contributed by atoms with van der Waals surface area (Å²) in [6.45, 7) is 0. The number of ether oxygens (including phenoxy) is 2. The number of rotatable bonds is 3. The van der Waals surface area contributed by atoms with Crippen molar-refractivity contribution < 1.29 is 14.3 Å². The Morgan fingerprint density at radius 1 is 1.26 bits per heavy atom. The number of benzene rings is 2. The predicted molar refractivity (Wildman–Crippen MR) is 88.1 cm³/mol. The van der Waals surface area contributed by atoms with Crippen molar-refractivity contribution in [3.8, 4) is 11.8 Å². The highest BCUT2D eigenvalue weighted by Gasteiger charge is 2.52. The van der Waals surface area contributed by atoms with Gasteiger partial charge in [0.2, 0.25) is 6.29 Å². The minimum absolute atomic E-state index is 0.225. The summed E-state index contributed by atoms with van der Waals surface area (Å²) in [5, 5.41) is 9.81. The van der Waals surface area contributed by atoms with Crippen LogP contribution in [0.5, 0.6) is 5.75 Å². The van der Waals surface area contributed by atoms with Gasteiger partial charge in [0.05, 0.1) is 11.6 Å². The van der Waals surface area contributed by atoms with Crippen LogP contribution >= 0.6 is 15.9 Å². The van der Waals surface area contributed by atoms with E-state index >= 15 is 0 Å². The fourth-order valence-electron chi connectivity index (χ4n) is 2.80. The minimum atomic E-state index is -1.41. The molecular formula is C18H14BrNO3. The van der Waals surface area contributed by atoms with E-state index in [1.807, 2.05) is 24.3 Å². The molecule has 1 aliphatic rings. The lowest BCUT2D eigenvalue weighted by Gasteiger charge is -2.37. The molecule has 2 aromatic rings. The predicted octanol–water partition coefficient (Wildman–Crippen LogP) is 3.75. The van der Waals surface area contributed by atoms with E-state index < -0.39 is 11.7 Å². The molecule has 2 aromatic carbocycles. The second-order valence-corrected chi connectivity index (χ2v) is 6.31. The van der Waals surface area contributed by atoms with Gasteiger partial charge in [-0.2, -0.15) is 5.26 Å². The largest absolute Gasteiger partial charge is 0.462 e. The molecule has 4 nitrogen and oxygen atoms in total. The van der Waals surface area contributed by atoms with Gasteiger partial charge < -0.3 is 9.47 Å². The van der Waals surface area contributed by atoms with E-state index in [1.54, 1.807) is 24.3 Å². The molecule has 116 valence electrons. The highest BCUT2D eigenvalue weighted by Crippen LogP contribution is 2.41. The molecule has 1 heterocycles. The van der Waals surface area contributed by atoms with E-state index in [2.05, 4.69) is 22.0 Å². The number of hydrogen-bond acceptors (Lipinski definition) is 4. The highest BCUT2D eigenvalue weighted by atomic mass is 79.9. The summed E-state index contributed by atoms with van der Waals surface area (Å²) in [5.74, 6) is 0.183. The van der Waals surface area contributed by atoms with Gasteiger partial charge in [0.1, 0.15) is 5.75 Å². The lowest BCUT2D eigenvalue weighted by atomic mass is 9.74. The van der Waals surface area contributed by atoms with Crippen LogP contribution in [0.25, 0.3) is 0 Å². The summed E-state index contributed by atoms with van der Waals surface area (Å²) in [4.78, 5) is 13.0. The molecule has 3 rings (SSSR count). The first-order valence-corrected chi connectivity index (χ1v) is 7.89. The Bertz CT molecular complexity index is 782. The topological polar surface area (TPSA) is 59.3 Å². The molecule has 2 atom stereocenters. The van der Waals surface area contributed by atoms with Crippen LogP contribution in [0.4, 0.5) is 0 Å². The van der Waals surface area contributed by atoms with Gasteiger partial charge in [-0.25, -0.2) is 0 Å². The molecule has 1 aliphatic heterocycles. The molecule has 0 fully saturated rings. The van der Waals surface area contributed by atoms with Gasteiger partial charge in [-0.1, -0.05) is 40.2 Å². The van der Waals surface area contributed by atoms with Crippen molar-refractivity contribution in [2.45, 2.75) is 12.7 Å². The number of Topliss-reactive ketones (excluding diaryl/α,β-unsaturated/α-hetero) is 1. The Hall–Kier alpha value is -2.16. The summed E-state index contributed by atoms with van der Waals surface area (Å²) in [5.41, 5.74) is -0.121. The van der Waals surface area contributed by atoms with Crippen LogP contribution in [0.1, 0.15) is 15.9 Å². The van der Waals surface area contributed by atoms with Crippen LogP contribution in [-0.4, -0.2) is 19.2 Å². The van der Waals surface area contributed by atoms with Crippen molar-refractivity contribution in [1.29, 1.82) is 5.26 Å². The van der Waals surface area contributed by atoms with E-state index in [-0.39, 0.29) is 12.2 Å². The Balaban J connectivity index is 2.06. The van der Waals surface area contributed by atoms with Crippen molar-refractivity contribution in [2.75, 3.05) is 7.11 Å². The monoisotopic (exact) mass is 371 g/mol. The maximum Gasteiger partial charge on any atom is 0.226 e. The SMILES string of the molecule is CO[C@H]1Oc2ccccc2C(=O)[C@]1(C#N)Cc1ccc(Br)cc1. The number of para-hydroxylation sites is 1. The fraction of sp³-hybridized carbons (Fsp3) is 0.222. The molecule has 0 spiro atoms. The lowest BCUT2D eigenvalue weighted by Crippen LogP contribution is -2.50. The quantitative estimate of drug-likeness (QED) is 0.824. The molecule has 0 saturated carbocycles. The standard InChI is InChI=1S/C18H14BrNO3/c1-22-17-18(11-20,10-12-6-8-13(19)9-7-12)16(21)14-4-2-3-5-15(14)23-17/h2-9,17H,10H2,1H3/t17-,18+/m0/s1. The van der Waals surface area contributed by atoms with E-state index in [0.29, 0.717) is 11.3 Å². The summed E-state index contributed by atoms with van der Waals surface area (Å²) in [7, 11) is 1.44. The van der Waals surface area contributed by atoms with Crippen LogP contribution in [-0.2, 0) is 11.2 Å². The molecule has 0 saturated heterocycles. The van der Waals surface area contributed by atoms with Crippen LogP contribution in [0, 0.1) is 16.7 Å². The Morgan fingerprint density at radius 2 is 1.96 bits per heavy atom. The van der Waals surface area contributed by atoms with Crippen molar-refractivity contribution in [3.05, 3.63) is 64.1 Å². The van der Waals surface area contributed by atoms with Crippen molar-refractivity contribution in [3.63, 3.8) is 0 Å². The molecule has 0 aliphatic carbocycles. The number of hydrogen-bond donors (Lipinski definition) is 0. The number of carbonyl (C=O) groups excluding carboxylic acids is 1. The van der Waals surface area contributed by atoms with E-state index in [9.17, 15) is 10.1 Å². The van der Waals surface area contributed by atoms with Gasteiger partial charge in [0.15, 0.2) is 11.2 Å². The second kappa shape index (κ2) is 6.15. The average molecular weight is 372 g/mol. The Kier molecular flexibility index (Phi) is 4.20. The Labute approximate surface area is 142 Å².